The van der Waals surface area contributed by atoms with E-state index in [1.54, 1.807) is 24.5 Å². The molecule has 0 bridgehead atoms. The van der Waals surface area contributed by atoms with Gasteiger partial charge < -0.3 is 4.98 Å². The van der Waals surface area contributed by atoms with Crippen molar-refractivity contribution in [3.8, 4) is 39.7 Å². The van der Waals surface area contributed by atoms with Crippen LogP contribution in [0, 0.1) is 30.0 Å². The Kier molecular flexibility index (Phi) is 9.17. The van der Waals surface area contributed by atoms with E-state index in [4.69, 9.17) is 11.8 Å². The van der Waals surface area contributed by atoms with Gasteiger partial charge in [0.2, 0.25) is 0 Å². The number of nitriles is 1. The molecule has 0 aliphatic heterocycles. The van der Waals surface area contributed by atoms with Crippen molar-refractivity contribution in [2.45, 2.75) is 0 Å². The first-order valence-corrected chi connectivity index (χ1v) is 10.5. The second-order valence-corrected chi connectivity index (χ2v) is 7.14. The van der Waals surface area contributed by atoms with Gasteiger partial charge in [-0.2, -0.15) is 4.85 Å². The third-order valence-corrected chi connectivity index (χ3v) is 4.94. The van der Waals surface area contributed by atoms with E-state index in [9.17, 15) is 0 Å². The van der Waals surface area contributed by atoms with E-state index in [1.807, 2.05) is 91.0 Å². The van der Waals surface area contributed by atoms with Crippen LogP contribution in [0.3, 0.4) is 0 Å². The minimum atomic E-state index is 0. The van der Waals surface area contributed by atoms with E-state index >= 15 is 0 Å². The van der Waals surface area contributed by atoms with Crippen LogP contribution in [0.15, 0.2) is 109 Å². The monoisotopic (exact) mass is 627 g/mol. The normalized spacial score (nSPS) is 9.43. The topological polar surface area (TPSA) is 53.9 Å². The minimum absolute atomic E-state index is 0. The van der Waals surface area contributed by atoms with Crippen LogP contribution in [-0.4, -0.2) is 9.97 Å². The number of benzene rings is 3. The molecule has 0 saturated carbocycles. The first-order chi connectivity index (χ1) is 16.8. The van der Waals surface area contributed by atoms with Crippen LogP contribution in [0.4, 0.5) is 5.69 Å². The van der Waals surface area contributed by atoms with E-state index in [-0.39, 0.29) is 20.1 Å². The third kappa shape index (κ3) is 6.56. The van der Waals surface area contributed by atoms with Crippen LogP contribution in [-0.2, 0) is 20.1 Å². The molecule has 0 saturated heterocycles. The largest absolute Gasteiger partial charge is 0.305 e. The molecule has 169 valence electrons. The van der Waals surface area contributed by atoms with E-state index in [1.165, 1.54) is 0 Å². The molecule has 1 radical (unpaired) electrons. The quantitative estimate of drug-likeness (QED) is 0.199. The van der Waals surface area contributed by atoms with Crippen molar-refractivity contribution < 1.29 is 20.1 Å². The maximum Gasteiger partial charge on any atom is 0.253 e. The number of nitrogens with zero attached hydrogens (tertiary/aromatic N) is 4. The fraction of sp³-hybridized carbons (Fsp3) is 0. The van der Waals surface area contributed by atoms with Crippen molar-refractivity contribution in [2.24, 2.45) is 0 Å². The van der Waals surface area contributed by atoms with Gasteiger partial charge in [0.25, 0.3) is 5.69 Å². The van der Waals surface area contributed by atoms with Gasteiger partial charge in [-0.15, -0.1) is 42.0 Å². The van der Waals surface area contributed by atoms with Gasteiger partial charge in [-0.05, 0) is 46.7 Å². The first kappa shape index (κ1) is 25.2. The molecule has 0 unspecified atom stereocenters. The molecule has 0 aliphatic rings. The van der Waals surface area contributed by atoms with Crippen molar-refractivity contribution in [3.05, 3.63) is 139 Å². The summed E-state index contributed by atoms with van der Waals surface area (Å²) in [5.41, 5.74) is 6.14. The van der Waals surface area contributed by atoms with Crippen LogP contribution in [0.1, 0.15) is 5.56 Å². The molecule has 0 fully saturated rings. The summed E-state index contributed by atoms with van der Waals surface area (Å²) in [4.78, 5) is 12.0. The fourth-order valence-corrected chi connectivity index (χ4v) is 3.29. The molecule has 4 nitrogen and oxygen atoms in total. The van der Waals surface area contributed by atoms with Gasteiger partial charge in [0.1, 0.15) is 6.57 Å². The molecular formula is C30H18IrN4-2. The average molecular weight is 627 g/mol. The number of hydrogen-bond donors (Lipinski definition) is 0. The molecule has 5 heteroatoms. The standard InChI is InChI=1S/C19H10N3.C11H8N.Ir/c1-21-18-8-7-14(13-20)11-17(18)19-12-16(9-10-22-19)15-5-3-2-4-6-15;1-2-6-10(7-3-1)11-8-4-5-9-12-11;/h2-10,12H;1-6,8-9H;/q2*-1;. The Bertz CT molecular complexity index is 1420. The number of hydrogen-bond acceptors (Lipinski definition) is 3. The Morgan fingerprint density at radius 1 is 0.771 bits per heavy atom. The SMILES string of the molecule is [C-]#[N+]c1ccc(C#N)[c-]c1-c1cc(-c2ccccc2)ccn1.[Ir].[c-]1ccccc1-c1ccccn1. The molecule has 5 rings (SSSR count). The molecule has 0 amide bonds. The summed E-state index contributed by atoms with van der Waals surface area (Å²) in [6, 6.07) is 38.9. The van der Waals surface area contributed by atoms with E-state index in [0.717, 1.165) is 22.4 Å². The van der Waals surface area contributed by atoms with Crippen LogP contribution < -0.4 is 0 Å². The Labute approximate surface area is 218 Å². The summed E-state index contributed by atoms with van der Waals surface area (Å²) in [5, 5.41) is 9.03. The molecule has 5 aromatic rings. The van der Waals surface area contributed by atoms with Crippen LogP contribution in [0.2, 0.25) is 0 Å². The van der Waals surface area contributed by atoms with E-state index in [0.29, 0.717) is 22.5 Å². The smallest absolute Gasteiger partial charge is 0.253 e. The summed E-state index contributed by atoms with van der Waals surface area (Å²) >= 11 is 0. The maximum absolute atomic E-state index is 9.03. The van der Waals surface area contributed by atoms with Gasteiger partial charge in [0, 0.05) is 38.2 Å². The number of aromatic nitrogens is 2. The zero-order valence-corrected chi connectivity index (χ0v) is 20.9. The fourth-order valence-electron chi connectivity index (χ4n) is 3.29. The zero-order valence-electron chi connectivity index (χ0n) is 18.5. The second kappa shape index (κ2) is 12.7. The minimum Gasteiger partial charge on any atom is -0.305 e. The van der Waals surface area contributed by atoms with Gasteiger partial charge in [0.15, 0.2) is 0 Å². The molecule has 0 spiro atoms. The molecule has 2 heterocycles. The summed E-state index contributed by atoms with van der Waals surface area (Å²) in [5.74, 6) is 0. The van der Waals surface area contributed by atoms with Crippen LogP contribution >= 0.6 is 0 Å². The van der Waals surface area contributed by atoms with Gasteiger partial charge in [-0.3, -0.25) is 4.98 Å². The molecule has 0 atom stereocenters. The van der Waals surface area contributed by atoms with Crippen molar-refractivity contribution in [3.63, 3.8) is 0 Å². The van der Waals surface area contributed by atoms with E-state index in [2.05, 4.69) is 26.9 Å². The Hall–Kier alpha value is -4.41. The summed E-state index contributed by atoms with van der Waals surface area (Å²) in [7, 11) is 0. The van der Waals surface area contributed by atoms with Crippen molar-refractivity contribution in [1.29, 1.82) is 5.26 Å². The number of rotatable bonds is 3. The third-order valence-electron chi connectivity index (χ3n) is 4.94. The van der Waals surface area contributed by atoms with Crippen molar-refractivity contribution in [1.82, 2.24) is 9.97 Å². The van der Waals surface area contributed by atoms with Gasteiger partial charge >= 0.3 is 0 Å². The van der Waals surface area contributed by atoms with Crippen LogP contribution in [0.5, 0.6) is 0 Å². The van der Waals surface area contributed by atoms with Crippen molar-refractivity contribution >= 4 is 5.69 Å². The van der Waals surface area contributed by atoms with E-state index < -0.39 is 0 Å². The predicted molar refractivity (Wildman–Crippen MR) is 133 cm³/mol. The molecule has 0 aliphatic carbocycles. The molecular weight excluding hydrogens is 609 g/mol. The Morgan fingerprint density at radius 3 is 2.23 bits per heavy atom. The van der Waals surface area contributed by atoms with Gasteiger partial charge in [-0.25, -0.2) is 5.26 Å². The Morgan fingerprint density at radius 2 is 1.54 bits per heavy atom. The molecule has 35 heavy (non-hydrogen) atoms. The average Bonchev–Trinajstić information content (AvgIpc) is 2.94. The maximum atomic E-state index is 9.03. The van der Waals surface area contributed by atoms with Crippen molar-refractivity contribution in [2.75, 3.05) is 0 Å². The van der Waals surface area contributed by atoms with Gasteiger partial charge in [-0.1, -0.05) is 60.2 Å². The molecule has 0 N–H and O–H groups in total. The Balaban J connectivity index is 0.000000223. The number of pyridine rings is 2. The summed E-state index contributed by atoms with van der Waals surface area (Å²) in [6.07, 6.45) is 3.49. The summed E-state index contributed by atoms with van der Waals surface area (Å²) in [6.45, 7) is 7.27. The van der Waals surface area contributed by atoms with Crippen LogP contribution in [0.25, 0.3) is 38.5 Å². The predicted octanol–water partition coefficient (Wildman–Crippen LogP) is 7.18. The van der Waals surface area contributed by atoms with Gasteiger partial charge in [0.05, 0.1) is 0 Å². The molecule has 2 aromatic heterocycles. The zero-order chi connectivity index (χ0) is 23.6. The second-order valence-electron chi connectivity index (χ2n) is 7.14. The summed E-state index contributed by atoms with van der Waals surface area (Å²) < 4.78 is 0. The molecule has 3 aromatic carbocycles. The first-order valence-electron chi connectivity index (χ1n) is 10.5.